The third kappa shape index (κ3) is 1.41. The van der Waals surface area contributed by atoms with E-state index in [0.717, 1.165) is 25.2 Å². The molecule has 2 N–H and O–H groups in total. The van der Waals surface area contributed by atoms with Crippen molar-refractivity contribution < 1.29 is 4.52 Å². The van der Waals surface area contributed by atoms with E-state index in [4.69, 9.17) is 10.3 Å². The van der Waals surface area contributed by atoms with Gasteiger partial charge in [0.15, 0.2) is 0 Å². The molecule has 1 aliphatic rings. The van der Waals surface area contributed by atoms with Crippen molar-refractivity contribution in [3.63, 3.8) is 0 Å². The van der Waals surface area contributed by atoms with E-state index in [-0.39, 0.29) is 0 Å². The molecule has 1 fully saturated rings. The Morgan fingerprint density at radius 1 is 1.73 bits per heavy atom. The topological polar surface area (TPSA) is 55.3 Å². The second-order valence-corrected chi connectivity index (χ2v) is 2.99. The molecule has 2 heterocycles. The van der Waals surface area contributed by atoms with Crippen molar-refractivity contribution in [2.45, 2.75) is 12.6 Å². The molecule has 1 aromatic heterocycles. The van der Waals surface area contributed by atoms with Crippen LogP contribution in [0.2, 0.25) is 0 Å². The van der Waals surface area contributed by atoms with Gasteiger partial charge < -0.3 is 10.3 Å². The monoisotopic (exact) mass is 153 g/mol. The fourth-order valence-electron chi connectivity index (χ4n) is 1.30. The molecule has 11 heavy (non-hydrogen) atoms. The number of aromatic nitrogens is 1. The molecular weight excluding hydrogens is 142 g/mol. The average Bonchev–Trinajstić information content (AvgIpc) is 2.36. The van der Waals surface area contributed by atoms with Crippen molar-refractivity contribution in [2.75, 3.05) is 13.1 Å². The highest BCUT2D eigenvalue weighted by Gasteiger charge is 2.22. The Bertz CT molecular complexity index is 216. The van der Waals surface area contributed by atoms with E-state index in [2.05, 4.69) is 10.1 Å². The van der Waals surface area contributed by atoms with Crippen LogP contribution in [0.4, 0.5) is 0 Å². The van der Waals surface area contributed by atoms with Crippen LogP contribution in [0, 0.1) is 0 Å². The first-order valence-electron chi connectivity index (χ1n) is 3.71. The highest BCUT2D eigenvalue weighted by Crippen LogP contribution is 2.10. The summed E-state index contributed by atoms with van der Waals surface area (Å²) in [5.74, 6) is 0. The Morgan fingerprint density at radius 3 is 3.09 bits per heavy atom. The van der Waals surface area contributed by atoms with Crippen molar-refractivity contribution in [1.82, 2.24) is 10.1 Å². The standard InChI is InChI=1S/C7H11N3O/c8-7-3-10(4-7)2-6-1-9-11-5-6/h1,5,7H,2-4,8H2. The molecule has 1 aromatic rings. The molecule has 4 heteroatoms. The Hall–Kier alpha value is -0.870. The van der Waals surface area contributed by atoms with E-state index in [1.807, 2.05) is 0 Å². The van der Waals surface area contributed by atoms with Gasteiger partial charge in [0.2, 0.25) is 0 Å². The minimum atomic E-state index is 0.370. The van der Waals surface area contributed by atoms with Crippen molar-refractivity contribution in [3.05, 3.63) is 18.0 Å². The minimum absolute atomic E-state index is 0.370. The Morgan fingerprint density at radius 2 is 2.55 bits per heavy atom. The largest absolute Gasteiger partial charge is 0.364 e. The van der Waals surface area contributed by atoms with Crippen molar-refractivity contribution >= 4 is 0 Å². The summed E-state index contributed by atoms with van der Waals surface area (Å²) in [4.78, 5) is 2.26. The van der Waals surface area contributed by atoms with Crippen molar-refractivity contribution in [2.24, 2.45) is 5.73 Å². The fourth-order valence-corrected chi connectivity index (χ4v) is 1.30. The van der Waals surface area contributed by atoms with Crippen molar-refractivity contribution in [3.8, 4) is 0 Å². The van der Waals surface area contributed by atoms with Gasteiger partial charge >= 0.3 is 0 Å². The second kappa shape index (κ2) is 2.64. The second-order valence-electron chi connectivity index (χ2n) is 2.99. The third-order valence-corrected chi connectivity index (χ3v) is 1.88. The average molecular weight is 153 g/mol. The van der Waals surface area contributed by atoms with Gasteiger partial charge in [-0.1, -0.05) is 5.16 Å². The van der Waals surface area contributed by atoms with E-state index in [9.17, 15) is 0 Å². The first-order valence-corrected chi connectivity index (χ1v) is 3.71. The number of nitrogens with two attached hydrogens (primary N) is 1. The molecule has 60 valence electrons. The number of rotatable bonds is 2. The Balaban J connectivity index is 1.84. The molecule has 0 aromatic carbocycles. The molecule has 0 amide bonds. The first-order chi connectivity index (χ1) is 5.34. The summed E-state index contributed by atoms with van der Waals surface area (Å²) in [5.41, 5.74) is 6.74. The normalized spacial score (nSPS) is 20.1. The van der Waals surface area contributed by atoms with E-state index in [1.165, 1.54) is 0 Å². The lowest BCUT2D eigenvalue weighted by Crippen LogP contribution is -2.54. The van der Waals surface area contributed by atoms with Gasteiger partial charge in [-0.15, -0.1) is 0 Å². The summed E-state index contributed by atoms with van der Waals surface area (Å²) in [7, 11) is 0. The number of hydrogen-bond donors (Lipinski definition) is 1. The molecule has 0 unspecified atom stereocenters. The Labute approximate surface area is 65.0 Å². The molecule has 4 nitrogen and oxygen atoms in total. The molecule has 1 aliphatic heterocycles. The van der Waals surface area contributed by atoms with Crippen LogP contribution < -0.4 is 5.73 Å². The van der Waals surface area contributed by atoms with Gasteiger partial charge in [-0.3, -0.25) is 4.90 Å². The van der Waals surface area contributed by atoms with Crippen LogP contribution in [0.15, 0.2) is 17.0 Å². The molecule has 2 rings (SSSR count). The zero-order chi connectivity index (χ0) is 7.68. The summed E-state index contributed by atoms with van der Waals surface area (Å²) in [6.45, 7) is 2.90. The highest BCUT2D eigenvalue weighted by atomic mass is 16.5. The first kappa shape index (κ1) is 6.82. The van der Waals surface area contributed by atoms with Gasteiger partial charge in [-0.05, 0) is 0 Å². The molecule has 0 radical (unpaired) electrons. The Kier molecular flexibility index (Phi) is 1.63. The smallest absolute Gasteiger partial charge is 0.128 e. The summed E-state index contributed by atoms with van der Waals surface area (Å²) in [6, 6.07) is 0.370. The predicted octanol–water partition coefficient (Wildman–Crippen LogP) is -0.183. The quantitative estimate of drug-likeness (QED) is 0.640. The fraction of sp³-hybridized carbons (Fsp3) is 0.571. The van der Waals surface area contributed by atoms with Gasteiger partial charge in [0.05, 0.1) is 6.20 Å². The van der Waals surface area contributed by atoms with Crippen molar-refractivity contribution in [1.29, 1.82) is 0 Å². The van der Waals surface area contributed by atoms with E-state index >= 15 is 0 Å². The maximum atomic E-state index is 5.62. The summed E-state index contributed by atoms with van der Waals surface area (Å²) < 4.78 is 4.70. The zero-order valence-corrected chi connectivity index (χ0v) is 6.23. The summed E-state index contributed by atoms with van der Waals surface area (Å²) in [5, 5.41) is 3.62. The SMILES string of the molecule is NC1CN(Cc2cnoc2)C1. The molecule has 1 saturated heterocycles. The zero-order valence-electron chi connectivity index (χ0n) is 6.23. The summed E-state index contributed by atoms with van der Waals surface area (Å²) in [6.07, 6.45) is 3.41. The van der Waals surface area contributed by atoms with Crippen LogP contribution in [-0.2, 0) is 6.54 Å². The predicted molar refractivity (Wildman–Crippen MR) is 39.8 cm³/mol. The summed E-state index contributed by atoms with van der Waals surface area (Å²) >= 11 is 0. The maximum Gasteiger partial charge on any atom is 0.128 e. The van der Waals surface area contributed by atoms with Gasteiger partial charge in [0, 0.05) is 31.2 Å². The lowest BCUT2D eigenvalue weighted by Gasteiger charge is -2.36. The minimum Gasteiger partial charge on any atom is -0.364 e. The van der Waals surface area contributed by atoms with E-state index < -0.39 is 0 Å². The van der Waals surface area contributed by atoms with Gasteiger partial charge in [0.1, 0.15) is 6.26 Å². The molecule has 0 atom stereocenters. The molecule has 0 bridgehead atoms. The van der Waals surface area contributed by atoms with E-state index in [0.29, 0.717) is 6.04 Å². The molecule has 0 aliphatic carbocycles. The van der Waals surface area contributed by atoms with Crippen LogP contribution in [0.1, 0.15) is 5.56 Å². The van der Waals surface area contributed by atoms with Gasteiger partial charge in [-0.25, -0.2) is 0 Å². The van der Waals surface area contributed by atoms with Gasteiger partial charge in [-0.2, -0.15) is 0 Å². The molecule has 0 spiro atoms. The molecule has 0 saturated carbocycles. The third-order valence-electron chi connectivity index (χ3n) is 1.88. The number of nitrogens with zero attached hydrogens (tertiary/aromatic N) is 2. The lowest BCUT2D eigenvalue weighted by atomic mass is 10.1. The van der Waals surface area contributed by atoms with Gasteiger partial charge in [0.25, 0.3) is 0 Å². The van der Waals surface area contributed by atoms with Crippen LogP contribution in [0.25, 0.3) is 0 Å². The van der Waals surface area contributed by atoms with E-state index in [1.54, 1.807) is 12.5 Å². The van der Waals surface area contributed by atoms with Crippen LogP contribution >= 0.6 is 0 Å². The number of likely N-dealkylation sites (tertiary alicyclic amines) is 1. The van der Waals surface area contributed by atoms with Crippen LogP contribution in [0.3, 0.4) is 0 Å². The number of hydrogen-bond acceptors (Lipinski definition) is 4. The molecular formula is C7H11N3O. The highest BCUT2D eigenvalue weighted by molar-refractivity contribution is 5.01. The lowest BCUT2D eigenvalue weighted by molar-refractivity contribution is 0.142. The van der Waals surface area contributed by atoms with Crippen LogP contribution in [-0.4, -0.2) is 29.2 Å². The van der Waals surface area contributed by atoms with Crippen LogP contribution in [0.5, 0.6) is 0 Å². The maximum absolute atomic E-state index is 5.62.